The molecule has 0 heterocycles. The lowest BCUT2D eigenvalue weighted by atomic mass is 10.0. The zero-order valence-corrected chi connectivity index (χ0v) is 45.1. The van der Waals surface area contributed by atoms with E-state index in [4.69, 9.17) is 4.74 Å². The van der Waals surface area contributed by atoms with E-state index in [9.17, 15) is 19.8 Å². The highest BCUT2D eigenvalue weighted by Crippen LogP contribution is 2.18. The summed E-state index contributed by atoms with van der Waals surface area (Å²) in [5.74, 6) is -0.0403. The standard InChI is InChI=1S/C61H117NO5/c1-3-5-7-9-11-13-15-17-19-22-27-31-35-39-43-47-51-55-61(66)67-56-52-48-44-40-36-32-28-24-21-23-26-30-34-38-42-46-50-54-60(65)62-58(57-63)59(64)53-49-45-41-37-33-29-25-20-18-16-14-12-10-8-6-4-2/h11,13,17,19,58-59,63-64H,3-10,12,14-16,18,20-57H2,1-2H3,(H,62,65)/b13-11-,19-17-. The third-order valence-corrected chi connectivity index (χ3v) is 14.0. The van der Waals surface area contributed by atoms with Gasteiger partial charge in [0.05, 0.1) is 25.4 Å². The van der Waals surface area contributed by atoms with Crippen LogP contribution in [0.4, 0.5) is 0 Å². The van der Waals surface area contributed by atoms with Crippen LogP contribution in [-0.4, -0.2) is 47.4 Å². The minimum absolute atomic E-state index is 0.00186. The molecule has 6 nitrogen and oxygen atoms in total. The maximum absolute atomic E-state index is 12.5. The van der Waals surface area contributed by atoms with Crippen LogP contribution >= 0.6 is 0 Å². The Balaban J connectivity index is 3.41. The number of hydrogen-bond acceptors (Lipinski definition) is 5. The van der Waals surface area contributed by atoms with E-state index >= 15 is 0 Å². The molecule has 0 aromatic carbocycles. The van der Waals surface area contributed by atoms with E-state index < -0.39 is 12.1 Å². The first kappa shape index (κ1) is 65.3. The Morgan fingerprint density at radius 1 is 0.418 bits per heavy atom. The monoisotopic (exact) mass is 944 g/mol. The molecular weight excluding hydrogens is 827 g/mol. The fourth-order valence-corrected chi connectivity index (χ4v) is 9.38. The van der Waals surface area contributed by atoms with Crippen LogP contribution in [-0.2, 0) is 14.3 Å². The summed E-state index contributed by atoms with van der Waals surface area (Å²) in [6.45, 7) is 4.93. The molecule has 2 atom stereocenters. The second kappa shape index (κ2) is 56.9. The number of amides is 1. The van der Waals surface area contributed by atoms with Crippen molar-refractivity contribution in [3.8, 4) is 0 Å². The smallest absolute Gasteiger partial charge is 0.305 e. The number of allylic oxidation sites excluding steroid dienone is 4. The zero-order valence-electron chi connectivity index (χ0n) is 45.1. The van der Waals surface area contributed by atoms with Crippen LogP contribution in [0, 0.1) is 0 Å². The Kier molecular flexibility index (Phi) is 55.5. The zero-order chi connectivity index (χ0) is 48.6. The SMILES string of the molecule is CCCCC/C=C\C/C=C\CCCCCCCCCC(=O)OCCCCCCCCCCCCCCCCCCCC(=O)NC(CO)C(O)CCCCCCCCCCCCCCCCCC. The number of rotatable bonds is 56. The summed E-state index contributed by atoms with van der Waals surface area (Å²) in [5, 5.41) is 23.3. The molecule has 0 aliphatic carbocycles. The number of unbranched alkanes of at least 4 members (excludes halogenated alkanes) is 41. The number of aliphatic hydroxyl groups excluding tert-OH is 2. The highest BCUT2D eigenvalue weighted by Gasteiger charge is 2.20. The third-order valence-electron chi connectivity index (χ3n) is 14.0. The summed E-state index contributed by atoms with van der Waals surface area (Å²) in [6.07, 6.45) is 68.8. The van der Waals surface area contributed by atoms with Crippen molar-refractivity contribution in [1.29, 1.82) is 0 Å². The number of nitrogens with one attached hydrogen (secondary N) is 1. The number of carbonyl (C=O) groups is 2. The van der Waals surface area contributed by atoms with Gasteiger partial charge < -0.3 is 20.3 Å². The molecule has 0 fully saturated rings. The molecule has 3 N–H and O–H groups in total. The summed E-state index contributed by atoms with van der Waals surface area (Å²) in [5.41, 5.74) is 0. The second-order valence-corrected chi connectivity index (χ2v) is 20.7. The molecule has 0 saturated heterocycles. The van der Waals surface area contributed by atoms with Crippen LogP contribution < -0.4 is 5.32 Å². The van der Waals surface area contributed by atoms with E-state index in [1.54, 1.807) is 0 Å². The van der Waals surface area contributed by atoms with Gasteiger partial charge in [-0.1, -0.05) is 282 Å². The second-order valence-electron chi connectivity index (χ2n) is 20.7. The Morgan fingerprint density at radius 2 is 0.746 bits per heavy atom. The topological polar surface area (TPSA) is 95.9 Å². The van der Waals surface area contributed by atoms with Crippen molar-refractivity contribution >= 4 is 11.9 Å². The summed E-state index contributed by atoms with van der Waals surface area (Å²) >= 11 is 0. The molecular formula is C61H117NO5. The average Bonchev–Trinajstić information content (AvgIpc) is 3.33. The molecule has 396 valence electrons. The Morgan fingerprint density at radius 3 is 1.16 bits per heavy atom. The Bertz CT molecular complexity index is 1040. The maximum atomic E-state index is 12.5. The van der Waals surface area contributed by atoms with Crippen LogP contribution in [0.1, 0.15) is 328 Å². The largest absolute Gasteiger partial charge is 0.466 e. The maximum Gasteiger partial charge on any atom is 0.305 e. The number of esters is 1. The number of aliphatic hydroxyl groups is 2. The van der Waals surface area contributed by atoms with Gasteiger partial charge in [-0.25, -0.2) is 0 Å². The van der Waals surface area contributed by atoms with Crippen LogP contribution in [0.5, 0.6) is 0 Å². The molecule has 0 aliphatic heterocycles. The van der Waals surface area contributed by atoms with Gasteiger partial charge in [0.25, 0.3) is 0 Å². The van der Waals surface area contributed by atoms with E-state index in [1.807, 2.05) is 0 Å². The minimum atomic E-state index is -0.668. The van der Waals surface area contributed by atoms with Gasteiger partial charge in [0.15, 0.2) is 0 Å². The fraction of sp³-hybridized carbons (Fsp3) is 0.902. The number of ether oxygens (including phenoxy) is 1. The van der Waals surface area contributed by atoms with E-state index in [2.05, 4.69) is 43.5 Å². The number of carbonyl (C=O) groups excluding carboxylic acids is 2. The molecule has 0 spiro atoms. The van der Waals surface area contributed by atoms with Gasteiger partial charge in [-0.2, -0.15) is 0 Å². The van der Waals surface area contributed by atoms with Crippen LogP contribution in [0.25, 0.3) is 0 Å². The fourth-order valence-electron chi connectivity index (χ4n) is 9.38. The molecule has 0 bridgehead atoms. The Labute approximate surface area is 418 Å². The van der Waals surface area contributed by atoms with E-state index in [0.717, 1.165) is 51.4 Å². The predicted molar refractivity (Wildman–Crippen MR) is 292 cm³/mol. The van der Waals surface area contributed by atoms with Crippen molar-refractivity contribution in [1.82, 2.24) is 5.32 Å². The Hall–Kier alpha value is -1.66. The van der Waals surface area contributed by atoms with Gasteiger partial charge in [-0.15, -0.1) is 0 Å². The summed E-state index contributed by atoms with van der Waals surface area (Å²) in [7, 11) is 0. The molecule has 67 heavy (non-hydrogen) atoms. The molecule has 0 aliphatic rings. The van der Waals surface area contributed by atoms with Gasteiger partial charge in [0.2, 0.25) is 5.91 Å². The van der Waals surface area contributed by atoms with Crippen LogP contribution in [0.2, 0.25) is 0 Å². The molecule has 2 unspecified atom stereocenters. The summed E-state index contributed by atoms with van der Waals surface area (Å²) in [6, 6.07) is -0.546. The predicted octanol–water partition coefficient (Wildman–Crippen LogP) is 18.6. The van der Waals surface area contributed by atoms with E-state index in [1.165, 1.54) is 244 Å². The summed E-state index contributed by atoms with van der Waals surface area (Å²) in [4.78, 5) is 24.6. The van der Waals surface area contributed by atoms with Crippen molar-refractivity contribution in [2.45, 2.75) is 341 Å². The summed E-state index contributed by atoms with van der Waals surface area (Å²) < 4.78 is 5.48. The van der Waals surface area contributed by atoms with Crippen LogP contribution in [0.15, 0.2) is 24.3 Å². The first-order valence-electron chi connectivity index (χ1n) is 30.1. The normalized spacial score (nSPS) is 12.7. The molecule has 0 saturated carbocycles. The van der Waals surface area contributed by atoms with E-state index in [0.29, 0.717) is 25.9 Å². The first-order chi connectivity index (χ1) is 33.0. The van der Waals surface area contributed by atoms with Gasteiger partial charge >= 0.3 is 5.97 Å². The molecule has 0 rings (SSSR count). The van der Waals surface area contributed by atoms with Crippen molar-refractivity contribution in [2.75, 3.05) is 13.2 Å². The van der Waals surface area contributed by atoms with Crippen molar-refractivity contribution in [2.24, 2.45) is 0 Å². The van der Waals surface area contributed by atoms with E-state index in [-0.39, 0.29) is 18.5 Å². The average molecular weight is 945 g/mol. The number of hydrogen-bond donors (Lipinski definition) is 3. The van der Waals surface area contributed by atoms with Gasteiger partial charge in [-0.3, -0.25) is 9.59 Å². The van der Waals surface area contributed by atoms with Gasteiger partial charge in [-0.05, 0) is 57.8 Å². The highest BCUT2D eigenvalue weighted by atomic mass is 16.5. The van der Waals surface area contributed by atoms with Crippen molar-refractivity contribution in [3.63, 3.8) is 0 Å². The molecule has 0 aromatic heterocycles. The molecule has 0 radical (unpaired) electrons. The van der Waals surface area contributed by atoms with Crippen molar-refractivity contribution in [3.05, 3.63) is 24.3 Å². The first-order valence-corrected chi connectivity index (χ1v) is 30.1. The lowest BCUT2D eigenvalue weighted by Gasteiger charge is -2.22. The van der Waals surface area contributed by atoms with Gasteiger partial charge in [0.1, 0.15) is 0 Å². The van der Waals surface area contributed by atoms with Crippen molar-refractivity contribution < 1.29 is 24.5 Å². The minimum Gasteiger partial charge on any atom is -0.466 e. The van der Waals surface area contributed by atoms with Gasteiger partial charge in [0, 0.05) is 12.8 Å². The quantitative estimate of drug-likeness (QED) is 0.0321. The molecule has 6 heteroatoms. The highest BCUT2D eigenvalue weighted by molar-refractivity contribution is 5.76. The molecule has 1 amide bonds. The molecule has 0 aromatic rings. The van der Waals surface area contributed by atoms with Crippen LogP contribution in [0.3, 0.4) is 0 Å². The third kappa shape index (κ3) is 53.5. The lowest BCUT2D eigenvalue weighted by Crippen LogP contribution is -2.45. The lowest BCUT2D eigenvalue weighted by molar-refractivity contribution is -0.143.